The molecule has 0 unspecified atom stereocenters. The SMILES string of the molecule is CCOCCCNC(=O)c1cc(-c2ccc(OC(F)F)cc2)n[nH]1. The number of amides is 1. The van der Waals surface area contributed by atoms with Gasteiger partial charge in [0.1, 0.15) is 11.4 Å². The van der Waals surface area contributed by atoms with E-state index >= 15 is 0 Å². The van der Waals surface area contributed by atoms with Crippen LogP contribution in [0.15, 0.2) is 30.3 Å². The van der Waals surface area contributed by atoms with E-state index < -0.39 is 6.61 Å². The van der Waals surface area contributed by atoms with E-state index in [2.05, 4.69) is 20.3 Å². The highest BCUT2D eigenvalue weighted by Gasteiger charge is 2.11. The van der Waals surface area contributed by atoms with Crippen LogP contribution in [0.4, 0.5) is 8.78 Å². The van der Waals surface area contributed by atoms with E-state index in [-0.39, 0.29) is 11.7 Å². The fourth-order valence-corrected chi connectivity index (χ4v) is 2.01. The van der Waals surface area contributed by atoms with Crippen LogP contribution >= 0.6 is 0 Å². The maximum Gasteiger partial charge on any atom is 0.387 e. The zero-order valence-corrected chi connectivity index (χ0v) is 13.2. The minimum atomic E-state index is -2.86. The van der Waals surface area contributed by atoms with Gasteiger partial charge in [-0.25, -0.2) is 0 Å². The van der Waals surface area contributed by atoms with Crippen molar-refractivity contribution >= 4 is 5.91 Å². The van der Waals surface area contributed by atoms with Crippen molar-refractivity contribution in [3.8, 4) is 17.0 Å². The van der Waals surface area contributed by atoms with E-state index in [1.807, 2.05) is 6.92 Å². The van der Waals surface area contributed by atoms with Gasteiger partial charge in [-0.1, -0.05) is 0 Å². The van der Waals surface area contributed by atoms with Crippen molar-refractivity contribution in [2.75, 3.05) is 19.8 Å². The van der Waals surface area contributed by atoms with Crippen molar-refractivity contribution in [2.45, 2.75) is 20.0 Å². The van der Waals surface area contributed by atoms with Crippen LogP contribution in [0.5, 0.6) is 5.75 Å². The zero-order chi connectivity index (χ0) is 17.4. The van der Waals surface area contributed by atoms with Crippen LogP contribution in [0.3, 0.4) is 0 Å². The summed E-state index contributed by atoms with van der Waals surface area (Å²) in [6, 6.07) is 7.63. The van der Waals surface area contributed by atoms with Gasteiger partial charge in [0, 0.05) is 25.3 Å². The lowest BCUT2D eigenvalue weighted by molar-refractivity contribution is -0.0498. The number of nitrogens with one attached hydrogen (secondary N) is 2. The largest absolute Gasteiger partial charge is 0.435 e. The number of aromatic amines is 1. The quantitative estimate of drug-likeness (QED) is 0.689. The van der Waals surface area contributed by atoms with Gasteiger partial charge in [0.2, 0.25) is 0 Å². The van der Waals surface area contributed by atoms with E-state index in [1.54, 1.807) is 18.2 Å². The number of carbonyl (C=O) groups excluding carboxylic acids is 1. The Morgan fingerprint density at radius 1 is 1.33 bits per heavy atom. The van der Waals surface area contributed by atoms with Crippen LogP contribution in [0.1, 0.15) is 23.8 Å². The Morgan fingerprint density at radius 2 is 2.08 bits per heavy atom. The first-order valence-electron chi connectivity index (χ1n) is 7.56. The maximum atomic E-state index is 12.1. The number of hydrogen-bond acceptors (Lipinski definition) is 4. The van der Waals surface area contributed by atoms with Crippen LogP contribution in [0, 0.1) is 0 Å². The van der Waals surface area contributed by atoms with Gasteiger partial charge in [-0.15, -0.1) is 0 Å². The Morgan fingerprint density at radius 3 is 2.75 bits per heavy atom. The van der Waals surface area contributed by atoms with Crippen molar-refractivity contribution in [1.82, 2.24) is 15.5 Å². The molecule has 0 radical (unpaired) electrons. The first-order chi connectivity index (χ1) is 11.6. The highest BCUT2D eigenvalue weighted by Crippen LogP contribution is 2.22. The van der Waals surface area contributed by atoms with Crippen molar-refractivity contribution in [2.24, 2.45) is 0 Å². The third kappa shape index (κ3) is 5.31. The molecule has 0 spiro atoms. The number of halogens is 2. The predicted octanol–water partition coefficient (Wildman–Crippen LogP) is 2.83. The molecule has 1 aromatic heterocycles. The first-order valence-corrected chi connectivity index (χ1v) is 7.56. The van der Waals surface area contributed by atoms with Crippen LogP contribution < -0.4 is 10.1 Å². The summed E-state index contributed by atoms with van der Waals surface area (Å²) < 4.78 is 33.7. The van der Waals surface area contributed by atoms with Gasteiger partial charge < -0.3 is 14.8 Å². The second kappa shape index (κ2) is 8.97. The second-order valence-electron chi connectivity index (χ2n) is 4.88. The van der Waals surface area contributed by atoms with Crippen molar-refractivity contribution in [3.05, 3.63) is 36.0 Å². The molecule has 130 valence electrons. The third-order valence-corrected chi connectivity index (χ3v) is 3.15. The molecule has 0 bridgehead atoms. The van der Waals surface area contributed by atoms with E-state index in [4.69, 9.17) is 4.74 Å². The van der Waals surface area contributed by atoms with Crippen LogP contribution in [-0.2, 0) is 4.74 Å². The molecule has 6 nitrogen and oxygen atoms in total. The second-order valence-corrected chi connectivity index (χ2v) is 4.88. The highest BCUT2D eigenvalue weighted by atomic mass is 19.3. The van der Waals surface area contributed by atoms with Crippen LogP contribution in [-0.4, -0.2) is 42.5 Å². The van der Waals surface area contributed by atoms with Crippen LogP contribution in [0.25, 0.3) is 11.3 Å². The van der Waals surface area contributed by atoms with Crippen molar-refractivity contribution in [3.63, 3.8) is 0 Å². The number of nitrogens with zero attached hydrogens (tertiary/aromatic N) is 1. The molecule has 1 heterocycles. The molecular formula is C16H19F2N3O3. The summed E-state index contributed by atoms with van der Waals surface area (Å²) in [5, 5.41) is 9.47. The molecule has 0 aliphatic rings. The van der Waals surface area contributed by atoms with Crippen LogP contribution in [0.2, 0.25) is 0 Å². The summed E-state index contributed by atoms with van der Waals surface area (Å²) in [5.74, 6) is -0.195. The highest BCUT2D eigenvalue weighted by molar-refractivity contribution is 5.93. The molecule has 0 aliphatic heterocycles. The Labute approximate surface area is 138 Å². The van der Waals surface area contributed by atoms with E-state index in [9.17, 15) is 13.6 Å². The molecule has 1 aromatic carbocycles. The third-order valence-electron chi connectivity index (χ3n) is 3.15. The first kappa shape index (κ1) is 17.9. The topological polar surface area (TPSA) is 76.2 Å². The Hall–Kier alpha value is -2.48. The molecular weight excluding hydrogens is 320 g/mol. The van der Waals surface area contributed by atoms with E-state index in [0.29, 0.717) is 36.7 Å². The number of benzene rings is 1. The maximum absolute atomic E-state index is 12.1. The summed E-state index contributed by atoms with van der Waals surface area (Å²) in [6.07, 6.45) is 0.728. The standard InChI is InChI=1S/C16H19F2N3O3/c1-2-23-9-3-8-19-15(22)14-10-13(20-21-14)11-4-6-12(7-5-11)24-16(17)18/h4-7,10,16H,2-3,8-9H2,1H3,(H,19,22)(H,20,21). The van der Waals surface area contributed by atoms with E-state index in [0.717, 1.165) is 6.42 Å². The average molecular weight is 339 g/mol. The summed E-state index contributed by atoms with van der Waals surface area (Å²) in [7, 11) is 0. The number of ether oxygens (including phenoxy) is 2. The van der Waals surface area contributed by atoms with Gasteiger partial charge in [0.25, 0.3) is 5.91 Å². The lowest BCUT2D eigenvalue weighted by atomic mass is 10.1. The summed E-state index contributed by atoms with van der Waals surface area (Å²) in [6.45, 7) is 0.806. The number of H-pyrrole nitrogens is 1. The average Bonchev–Trinajstić information content (AvgIpc) is 3.05. The number of aromatic nitrogens is 2. The van der Waals surface area contributed by atoms with Gasteiger partial charge in [-0.2, -0.15) is 13.9 Å². The normalized spacial score (nSPS) is 10.8. The van der Waals surface area contributed by atoms with Gasteiger partial charge in [-0.3, -0.25) is 9.89 Å². The minimum Gasteiger partial charge on any atom is -0.435 e. The molecule has 0 saturated heterocycles. The van der Waals surface area contributed by atoms with Gasteiger partial charge in [0.05, 0.1) is 5.69 Å². The van der Waals surface area contributed by atoms with Gasteiger partial charge in [-0.05, 0) is 43.7 Å². The summed E-state index contributed by atoms with van der Waals surface area (Å²) in [4.78, 5) is 12.0. The molecule has 0 saturated carbocycles. The molecule has 2 aromatic rings. The van der Waals surface area contributed by atoms with Gasteiger partial charge >= 0.3 is 6.61 Å². The van der Waals surface area contributed by atoms with Gasteiger partial charge in [0.15, 0.2) is 0 Å². The molecule has 0 aliphatic carbocycles. The Bertz CT molecular complexity index is 644. The number of hydrogen-bond donors (Lipinski definition) is 2. The molecule has 1 amide bonds. The monoisotopic (exact) mass is 339 g/mol. The number of rotatable bonds is 9. The molecule has 24 heavy (non-hydrogen) atoms. The fourth-order valence-electron chi connectivity index (χ4n) is 2.01. The lowest BCUT2D eigenvalue weighted by Gasteiger charge is -2.04. The number of alkyl halides is 2. The molecule has 0 fully saturated rings. The Balaban J connectivity index is 1.91. The Kier molecular flexibility index (Phi) is 6.68. The zero-order valence-electron chi connectivity index (χ0n) is 13.2. The van der Waals surface area contributed by atoms with Crippen molar-refractivity contribution in [1.29, 1.82) is 0 Å². The molecule has 2 N–H and O–H groups in total. The minimum absolute atomic E-state index is 0.0663. The summed E-state index contributed by atoms with van der Waals surface area (Å²) in [5.41, 5.74) is 1.55. The predicted molar refractivity (Wildman–Crippen MR) is 84.1 cm³/mol. The number of carbonyl (C=O) groups is 1. The van der Waals surface area contributed by atoms with E-state index in [1.165, 1.54) is 12.1 Å². The summed E-state index contributed by atoms with van der Waals surface area (Å²) >= 11 is 0. The molecule has 2 rings (SSSR count). The lowest BCUT2D eigenvalue weighted by Crippen LogP contribution is -2.25. The fraction of sp³-hybridized carbons (Fsp3) is 0.375. The van der Waals surface area contributed by atoms with Crippen molar-refractivity contribution < 1.29 is 23.0 Å². The smallest absolute Gasteiger partial charge is 0.387 e. The molecule has 0 atom stereocenters. The molecule has 8 heteroatoms.